The number of amides is 1. The van der Waals surface area contributed by atoms with Crippen LogP contribution in [-0.2, 0) is 0 Å². The Kier molecular flexibility index (Phi) is 3.67. The second kappa shape index (κ2) is 5.40. The van der Waals surface area contributed by atoms with Crippen LogP contribution < -0.4 is 5.32 Å². The summed E-state index contributed by atoms with van der Waals surface area (Å²) in [6.07, 6.45) is 1.54. The molecule has 0 aliphatic carbocycles. The molecule has 1 heterocycles. The van der Waals surface area contributed by atoms with Crippen molar-refractivity contribution in [1.82, 2.24) is 10.2 Å². The number of carbonyl (C=O) groups is 1. The molecule has 0 bridgehead atoms. The quantitative estimate of drug-likeness (QED) is 0.899. The molecule has 0 saturated heterocycles. The Bertz CT molecular complexity index is 520. The zero-order valence-electron chi connectivity index (χ0n) is 10.4. The molecule has 1 N–H and O–H groups in total. The van der Waals surface area contributed by atoms with E-state index in [2.05, 4.69) is 29.4 Å². The molecule has 0 aliphatic heterocycles. The molecule has 2 rings (SSSR count). The fraction of sp³-hybridized carbons (Fsp3) is 0.214. The van der Waals surface area contributed by atoms with Crippen molar-refractivity contribution in [3.8, 4) is 0 Å². The van der Waals surface area contributed by atoms with Gasteiger partial charge in [0.1, 0.15) is 0 Å². The molecule has 0 spiro atoms. The van der Waals surface area contributed by atoms with Gasteiger partial charge < -0.3 is 5.32 Å². The third kappa shape index (κ3) is 2.91. The smallest absolute Gasteiger partial charge is 0.276 e. The highest BCUT2D eigenvalue weighted by molar-refractivity contribution is 6.02. The van der Waals surface area contributed by atoms with Crippen molar-refractivity contribution in [1.29, 1.82) is 0 Å². The fourth-order valence-electron chi connectivity index (χ4n) is 1.57. The van der Waals surface area contributed by atoms with E-state index in [0.29, 0.717) is 11.6 Å². The number of hydrogen-bond donors (Lipinski definition) is 1. The molecule has 0 atom stereocenters. The van der Waals surface area contributed by atoms with Gasteiger partial charge in [0.05, 0.1) is 0 Å². The lowest BCUT2D eigenvalue weighted by molar-refractivity contribution is 0.102. The molecule has 0 fully saturated rings. The third-order valence-corrected chi connectivity index (χ3v) is 2.64. The number of anilines is 1. The molecular weight excluding hydrogens is 226 g/mol. The lowest BCUT2D eigenvalue weighted by Crippen LogP contribution is -2.13. The first kappa shape index (κ1) is 12.2. The Morgan fingerprint density at radius 1 is 1.17 bits per heavy atom. The first-order valence-electron chi connectivity index (χ1n) is 5.86. The summed E-state index contributed by atoms with van der Waals surface area (Å²) in [5.74, 6) is 0.232. The van der Waals surface area contributed by atoms with Crippen LogP contribution in [0.1, 0.15) is 35.8 Å². The van der Waals surface area contributed by atoms with E-state index in [1.807, 2.05) is 24.3 Å². The van der Waals surface area contributed by atoms with Crippen LogP contribution in [0.15, 0.2) is 42.6 Å². The molecular formula is C14H15N3O. The normalized spacial score (nSPS) is 10.4. The standard InChI is InChI=1S/C14H15N3O/c1-10(2)11-5-7-12(8-6-11)16-14(18)13-4-3-9-15-17-13/h3-10H,1-2H3,(H,16,18). The van der Waals surface area contributed by atoms with Gasteiger partial charge in [0.15, 0.2) is 5.69 Å². The van der Waals surface area contributed by atoms with Crippen LogP contribution in [0, 0.1) is 0 Å². The van der Waals surface area contributed by atoms with E-state index < -0.39 is 0 Å². The average Bonchev–Trinajstić information content (AvgIpc) is 2.40. The Morgan fingerprint density at radius 2 is 1.89 bits per heavy atom. The van der Waals surface area contributed by atoms with E-state index in [-0.39, 0.29) is 5.91 Å². The predicted octanol–water partition coefficient (Wildman–Crippen LogP) is 2.85. The van der Waals surface area contributed by atoms with Gasteiger partial charge in [0.2, 0.25) is 0 Å². The van der Waals surface area contributed by atoms with Gasteiger partial charge in [-0.2, -0.15) is 5.10 Å². The van der Waals surface area contributed by atoms with Gasteiger partial charge in [0.25, 0.3) is 5.91 Å². The predicted molar refractivity (Wildman–Crippen MR) is 70.5 cm³/mol. The largest absolute Gasteiger partial charge is 0.321 e. The second-order valence-corrected chi connectivity index (χ2v) is 4.34. The minimum absolute atomic E-state index is 0.250. The van der Waals surface area contributed by atoms with E-state index >= 15 is 0 Å². The number of hydrogen-bond acceptors (Lipinski definition) is 3. The summed E-state index contributed by atoms with van der Waals surface area (Å²) in [7, 11) is 0. The van der Waals surface area contributed by atoms with Gasteiger partial charge in [-0.05, 0) is 35.7 Å². The molecule has 92 valence electrons. The molecule has 1 aromatic heterocycles. The maximum absolute atomic E-state index is 11.8. The highest BCUT2D eigenvalue weighted by Crippen LogP contribution is 2.17. The molecule has 1 amide bonds. The third-order valence-electron chi connectivity index (χ3n) is 2.64. The Morgan fingerprint density at radius 3 is 2.44 bits per heavy atom. The highest BCUT2D eigenvalue weighted by atomic mass is 16.1. The molecule has 4 nitrogen and oxygen atoms in total. The van der Waals surface area contributed by atoms with Gasteiger partial charge in [-0.3, -0.25) is 4.79 Å². The van der Waals surface area contributed by atoms with E-state index in [1.54, 1.807) is 12.1 Å². The highest BCUT2D eigenvalue weighted by Gasteiger charge is 2.07. The Balaban J connectivity index is 2.08. The number of nitrogens with zero attached hydrogens (tertiary/aromatic N) is 2. The van der Waals surface area contributed by atoms with Crippen LogP contribution in [0.25, 0.3) is 0 Å². The summed E-state index contributed by atoms with van der Waals surface area (Å²) >= 11 is 0. The lowest BCUT2D eigenvalue weighted by Gasteiger charge is -2.07. The Labute approximate surface area is 106 Å². The Hall–Kier alpha value is -2.23. The number of aromatic nitrogens is 2. The van der Waals surface area contributed by atoms with Crippen molar-refractivity contribution in [2.45, 2.75) is 19.8 Å². The number of rotatable bonds is 3. The van der Waals surface area contributed by atoms with Crippen LogP contribution in [-0.4, -0.2) is 16.1 Å². The van der Waals surface area contributed by atoms with Crippen LogP contribution in [0.5, 0.6) is 0 Å². The van der Waals surface area contributed by atoms with Crippen molar-refractivity contribution in [3.63, 3.8) is 0 Å². The number of nitrogens with one attached hydrogen (secondary N) is 1. The molecule has 0 aliphatic rings. The molecule has 4 heteroatoms. The van der Waals surface area contributed by atoms with Crippen LogP contribution in [0.4, 0.5) is 5.69 Å². The number of carbonyl (C=O) groups excluding carboxylic acids is 1. The fourth-order valence-corrected chi connectivity index (χ4v) is 1.57. The summed E-state index contributed by atoms with van der Waals surface area (Å²) in [6.45, 7) is 4.26. The average molecular weight is 241 g/mol. The van der Waals surface area contributed by atoms with Gasteiger partial charge in [-0.15, -0.1) is 5.10 Å². The molecule has 2 aromatic rings. The zero-order valence-corrected chi connectivity index (χ0v) is 10.4. The van der Waals surface area contributed by atoms with Gasteiger partial charge >= 0.3 is 0 Å². The van der Waals surface area contributed by atoms with Crippen LogP contribution in [0.2, 0.25) is 0 Å². The number of benzene rings is 1. The van der Waals surface area contributed by atoms with E-state index in [0.717, 1.165) is 5.69 Å². The van der Waals surface area contributed by atoms with Crippen molar-refractivity contribution >= 4 is 11.6 Å². The van der Waals surface area contributed by atoms with E-state index in [9.17, 15) is 4.79 Å². The van der Waals surface area contributed by atoms with Crippen molar-refractivity contribution in [2.24, 2.45) is 0 Å². The monoisotopic (exact) mass is 241 g/mol. The topological polar surface area (TPSA) is 54.9 Å². The molecule has 1 aromatic carbocycles. The van der Waals surface area contributed by atoms with E-state index in [4.69, 9.17) is 0 Å². The van der Waals surface area contributed by atoms with Gasteiger partial charge in [-0.25, -0.2) is 0 Å². The van der Waals surface area contributed by atoms with Gasteiger partial charge in [0, 0.05) is 11.9 Å². The van der Waals surface area contributed by atoms with Crippen LogP contribution in [0.3, 0.4) is 0 Å². The molecule has 0 radical (unpaired) electrons. The maximum Gasteiger partial charge on any atom is 0.276 e. The zero-order chi connectivity index (χ0) is 13.0. The summed E-state index contributed by atoms with van der Waals surface area (Å²) < 4.78 is 0. The van der Waals surface area contributed by atoms with Gasteiger partial charge in [-0.1, -0.05) is 26.0 Å². The minimum atomic E-state index is -0.250. The van der Waals surface area contributed by atoms with E-state index in [1.165, 1.54) is 11.8 Å². The second-order valence-electron chi connectivity index (χ2n) is 4.34. The summed E-state index contributed by atoms with van der Waals surface area (Å²) in [6, 6.07) is 11.1. The minimum Gasteiger partial charge on any atom is -0.321 e. The SMILES string of the molecule is CC(C)c1ccc(NC(=O)c2cccnn2)cc1. The van der Waals surface area contributed by atoms with Crippen molar-refractivity contribution < 1.29 is 4.79 Å². The van der Waals surface area contributed by atoms with Crippen molar-refractivity contribution in [2.75, 3.05) is 5.32 Å². The summed E-state index contributed by atoms with van der Waals surface area (Å²) in [5, 5.41) is 10.2. The van der Waals surface area contributed by atoms with Crippen molar-refractivity contribution in [3.05, 3.63) is 53.9 Å². The first-order chi connectivity index (χ1) is 8.66. The lowest BCUT2D eigenvalue weighted by atomic mass is 10.0. The molecule has 0 saturated carbocycles. The maximum atomic E-state index is 11.8. The molecule has 18 heavy (non-hydrogen) atoms. The summed E-state index contributed by atoms with van der Waals surface area (Å²) in [4.78, 5) is 11.8. The summed E-state index contributed by atoms with van der Waals surface area (Å²) in [5.41, 5.74) is 2.31. The molecule has 0 unspecified atom stereocenters. The first-order valence-corrected chi connectivity index (χ1v) is 5.86. The van der Waals surface area contributed by atoms with Crippen LogP contribution >= 0.6 is 0 Å².